The first-order valence-corrected chi connectivity index (χ1v) is 8.65. The fourth-order valence-corrected chi connectivity index (χ4v) is 3.34. The number of carbonyl (C=O) groups excluding carboxylic acids is 1. The molecule has 0 aliphatic carbocycles. The summed E-state index contributed by atoms with van der Waals surface area (Å²) in [5, 5.41) is 2.42. The van der Waals surface area contributed by atoms with E-state index in [9.17, 15) is 4.79 Å². The van der Waals surface area contributed by atoms with E-state index in [1.54, 1.807) is 7.11 Å². The smallest absolute Gasteiger partial charge is 0.309 e. The standard InChI is InChI=1S/C20H25NO3/c1-3-24-20(22)16-8-10-21(11-9-16)14-15-4-5-18-13-19(23-2)7-6-17(18)12-15/h4-7,12-13,16H,3,8-11,14H2,1-2H3. The molecule has 0 amide bonds. The average molecular weight is 327 g/mol. The third kappa shape index (κ3) is 3.88. The summed E-state index contributed by atoms with van der Waals surface area (Å²) in [6.07, 6.45) is 1.78. The van der Waals surface area contributed by atoms with Gasteiger partial charge in [-0.3, -0.25) is 9.69 Å². The SMILES string of the molecule is CCOC(=O)C1CCN(Cc2ccc3cc(OC)ccc3c2)CC1. The predicted octanol–water partition coefficient (Wildman–Crippen LogP) is 3.62. The second-order valence-corrected chi connectivity index (χ2v) is 6.35. The average Bonchev–Trinajstić information content (AvgIpc) is 2.62. The summed E-state index contributed by atoms with van der Waals surface area (Å²) < 4.78 is 10.4. The lowest BCUT2D eigenvalue weighted by Gasteiger charge is -2.30. The predicted molar refractivity (Wildman–Crippen MR) is 95.1 cm³/mol. The van der Waals surface area contributed by atoms with Crippen LogP contribution in [0.1, 0.15) is 25.3 Å². The van der Waals surface area contributed by atoms with Crippen LogP contribution in [-0.2, 0) is 16.1 Å². The molecule has 0 bridgehead atoms. The minimum Gasteiger partial charge on any atom is -0.497 e. The number of hydrogen-bond acceptors (Lipinski definition) is 4. The van der Waals surface area contributed by atoms with Gasteiger partial charge in [-0.1, -0.05) is 18.2 Å². The Hall–Kier alpha value is -2.07. The van der Waals surface area contributed by atoms with Gasteiger partial charge in [-0.25, -0.2) is 0 Å². The highest BCUT2D eigenvalue weighted by atomic mass is 16.5. The van der Waals surface area contributed by atoms with E-state index < -0.39 is 0 Å². The highest BCUT2D eigenvalue weighted by Gasteiger charge is 2.25. The van der Waals surface area contributed by atoms with Gasteiger partial charge in [0.2, 0.25) is 0 Å². The molecule has 4 nitrogen and oxygen atoms in total. The number of methoxy groups -OCH3 is 1. The maximum Gasteiger partial charge on any atom is 0.309 e. The molecule has 0 spiro atoms. The van der Waals surface area contributed by atoms with E-state index in [4.69, 9.17) is 9.47 Å². The van der Waals surface area contributed by atoms with Crippen LogP contribution in [0.25, 0.3) is 10.8 Å². The number of nitrogens with zero attached hydrogens (tertiary/aromatic N) is 1. The van der Waals surface area contributed by atoms with E-state index in [-0.39, 0.29) is 11.9 Å². The van der Waals surface area contributed by atoms with Crippen molar-refractivity contribution in [2.75, 3.05) is 26.8 Å². The number of rotatable bonds is 5. The molecule has 1 fully saturated rings. The minimum atomic E-state index is -0.0307. The van der Waals surface area contributed by atoms with Gasteiger partial charge in [0.05, 0.1) is 19.6 Å². The lowest BCUT2D eigenvalue weighted by atomic mass is 9.96. The lowest BCUT2D eigenvalue weighted by molar-refractivity contribution is -0.149. The number of ether oxygens (including phenoxy) is 2. The van der Waals surface area contributed by atoms with Crippen molar-refractivity contribution in [2.24, 2.45) is 5.92 Å². The zero-order chi connectivity index (χ0) is 16.9. The van der Waals surface area contributed by atoms with Crippen LogP contribution in [0.2, 0.25) is 0 Å². The Morgan fingerprint density at radius 2 is 1.83 bits per heavy atom. The van der Waals surface area contributed by atoms with Gasteiger partial charge in [0, 0.05) is 6.54 Å². The molecule has 0 saturated carbocycles. The number of carbonyl (C=O) groups is 1. The lowest BCUT2D eigenvalue weighted by Crippen LogP contribution is -2.36. The van der Waals surface area contributed by atoms with Crippen LogP contribution < -0.4 is 4.74 Å². The first-order chi connectivity index (χ1) is 11.7. The Bertz CT molecular complexity index is 705. The van der Waals surface area contributed by atoms with Crippen molar-refractivity contribution < 1.29 is 14.3 Å². The summed E-state index contributed by atoms with van der Waals surface area (Å²) in [6, 6.07) is 12.7. The van der Waals surface area contributed by atoms with Gasteiger partial charge in [0.1, 0.15) is 5.75 Å². The molecule has 2 aromatic carbocycles. The highest BCUT2D eigenvalue weighted by molar-refractivity contribution is 5.84. The van der Waals surface area contributed by atoms with E-state index in [2.05, 4.69) is 35.2 Å². The van der Waals surface area contributed by atoms with Gasteiger partial charge in [-0.05, 0) is 67.4 Å². The van der Waals surface area contributed by atoms with Crippen LogP contribution >= 0.6 is 0 Å². The first kappa shape index (κ1) is 16.8. The molecule has 4 heteroatoms. The van der Waals surface area contributed by atoms with Crippen molar-refractivity contribution in [3.8, 4) is 5.75 Å². The second-order valence-electron chi connectivity index (χ2n) is 6.35. The second kappa shape index (κ2) is 7.67. The molecule has 0 aromatic heterocycles. The van der Waals surface area contributed by atoms with Gasteiger partial charge in [0.15, 0.2) is 0 Å². The molecular weight excluding hydrogens is 302 g/mol. The summed E-state index contributed by atoms with van der Waals surface area (Å²) in [5.41, 5.74) is 1.31. The maximum atomic E-state index is 11.8. The molecule has 1 heterocycles. The Balaban J connectivity index is 1.61. The Morgan fingerprint density at radius 1 is 1.12 bits per heavy atom. The molecule has 0 radical (unpaired) electrons. The quantitative estimate of drug-likeness (QED) is 0.786. The van der Waals surface area contributed by atoms with Gasteiger partial charge >= 0.3 is 5.97 Å². The van der Waals surface area contributed by atoms with Crippen LogP contribution in [0, 0.1) is 5.92 Å². The van der Waals surface area contributed by atoms with Gasteiger partial charge in [-0.2, -0.15) is 0 Å². The van der Waals surface area contributed by atoms with E-state index in [0.29, 0.717) is 6.61 Å². The van der Waals surface area contributed by atoms with Crippen LogP contribution in [0.5, 0.6) is 5.75 Å². The van der Waals surface area contributed by atoms with E-state index in [1.807, 2.05) is 13.0 Å². The van der Waals surface area contributed by atoms with Crippen LogP contribution in [0.4, 0.5) is 0 Å². The number of fused-ring (bicyclic) bond motifs is 1. The summed E-state index contributed by atoms with van der Waals surface area (Å²) in [7, 11) is 1.69. The normalized spacial score (nSPS) is 16.2. The van der Waals surface area contributed by atoms with Crippen LogP contribution in [0.15, 0.2) is 36.4 Å². The molecule has 3 rings (SSSR count). The van der Waals surface area contributed by atoms with Crippen molar-refractivity contribution in [1.82, 2.24) is 4.90 Å². The minimum absolute atomic E-state index is 0.0307. The molecule has 0 unspecified atom stereocenters. The van der Waals surface area contributed by atoms with Gasteiger partial charge in [0.25, 0.3) is 0 Å². The molecule has 24 heavy (non-hydrogen) atoms. The zero-order valence-electron chi connectivity index (χ0n) is 14.5. The summed E-state index contributed by atoms with van der Waals surface area (Å²) in [4.78, 5) is 14.2. The van der Waals surface area contributed by atoms with Crippen molar-refractivity contribution in [3.63, 3.8) is 0 Å². The molecule has 2 aromatic rings. The first-order valence-electron chi connectivity index (χ1n) is 8.65. The molecule has 0 N–H and O–H groups in total. The molecule has 128 valence electrons. The summed E-state index contributed by atoms with van der Waals surface area (Å²) >= 11 is 0. The largest absolute Gasteiger partial charge is 0.497 e. The number of likely N-dealkylation sites (tertiary alicyclic amines) is 1. The molecule has 0 atom stereocenters. The van der Waals surface area contributed by atoms with E-state index in [0.717, 1.165) is 38.2 Å². The molecule has 1 aliphatic rings. The topological polar surface area (TPSA) is 38.8 Å². The number of esters is 1. The van der Waals surface area contributed by atoms with Gasteiger partial charge in [-0.15, -0.1) is 0 Å². The Labute approximate surface area is 143 Å². The Kier molecular flexibility index (Phi) is 5.36. The number of hydrogen-bond donors (Lipinski definition) is 0. The van der Waals surface area contributed by atoms with Gasteiger partial charge < -0.3 is 9.47 Å². The van der Waals surface area contributed by atoms with E-state index in [1.165, 1.54) is 16.3 Å². The summed E-state index contributed by atoms with van der Waals surface area (Å²) in [5.74, 6) is 0.929. The highest BCUT2D eigenvalue weighted by Crippen LogP contribution is 2.24. The van der Waals surface area contributed by atoms with Crippen LogP contribution in [0.3, 0.4) is 0 Å². The third-order valence-electron chi connectivity index (χ3n) is 4.73. The monoisotopic (exact) mass is 327 g/mol. The van der Waals surface area contributed by atoms with Crippen molar-refractivity contribution >= 4 is 16.7 Å². The Morgan fingerprint density at radius 3 is 2.54 bits per heavy atom. The van der Waals surface area contributed by atoms with Crippen molar-refractivity contribution in [2.45, 2.75) is 26.3 Å². The van der Waals surface area contributed by atoms with Crippen molar-refractivity contribution in [1.29, 1.82) is 0 Å². The third-order valence-corrected chi connectivity index (χ3v) is 4.73. The molecular formula is C20H25NO3. The number of benzene rings is 2. The fourth-order valence-electron chi connectivity index (χ4n) is 3.34. The van der Waals surface area contributed by atoms with Crippen LogP contribution in [-0.4, -0.2) is 37.7 Å². The summed E-state index contributed by atoms with van der Waals surface area (Å²) in [6.45, 7) is 5.16. The van der Waals surface area contributed by atoms with E-state index >= 15 is 0 Å². The number of piperidine rings is 1. The van der Waals surface area contributed by atoms with Crippen molar-refractivity contribution in [3.05, 3.63) is 42.0 Å². The fraction of sp³-hybridized carbons (Fsp3) is 0.450. The zero-order valence-corrected chi connectivity index (χ0v) is 14.5. The molecule has 1 saturated heterocycles. The molecule has 1 aliphatic heterocycles. The maximum absolute atomic E-state index is 11.8.